The summed E-state index contributed by atoms with van der Waals surface area (Å²) in [4.78, 5) is 0. The zero-order valence-corrected chi connectivity index (χ0v) is 12.6. The SMILES string of the molecule is C=CCC(O)(CC=C)c1c2ccccc2cc2ccccc12. The lowest BCUT2D eigenvalue weighted by Gasteiger charge is -2.29. The van der Waals surface area contributed by atoms with E-state index in [9.17, 15) is 5.11 Å². The lowest BCUT2D eigenvalue weighted by atomic mass is 9.81. The van der Waals surface area contributed by atoms with Crippen LogP contribution in [0.3, 0.4) is 0 Å². The summed E-state index contributed by atoms with van der Waals surface area (Å²) in [6, 6.07) is 18.6. The summed E-state index contributed by atoms with van der Waals surface area (Å²) in [5, 5.41) is 15.8. The molecule has 0 fully saturated rings. The van der Waals surface area contributed by atoms with Crippen LogP contribution < -0.4 is 0 Å². The Hall–Kier alpha value is -2.38. The van der Waals surface area contributed by atoms with Crippen LogP contribution in [0.4, 0.5) is 0 Å². The molecule has 3 aromatic rings. The van der Waals surface area contributed by atoms with E-state index in [-0.39, 0.29) is 0 Å². The highest BCUT2D eigenvalue weighted by Gasteiger charge is 2.30. The molecule has 0 saturated carbocycles. The number of rotatable bonds is 5. The summed E-state index contributed by atoms with van der Waals surface area (Å²) in [6.07, 6.45) is 4.55. The van der Waals surface area contributed by atoms with Gasteiger partial charge in [0.2, 0.25) is 0 Å². The topological polar surface area (TPSA) is 20.2 Å². The second kappa shape index (κ2) is 5.78. The van der Waals surface area contributed by atoms with Gasteiger partial charge in [0, 0.05) is 0 Å². The van der Waals surface area contributed by atoms with Crippen LogP contribution in [0.2, 0.25) is 0 Å². The van der Waals surface area contributed by atoms with Gasteiger partial charge in [-0.15, -0.1) is 13.2 Å². The molecule has 1 N–H and O–H groups in total. The molecule has 1 heteroatoms. The molecule has 0 heterocycles. The third kappa shape index (κ3) is 2.34. The smallest absolute Gasteiger partial charge is 0.0976 e. The van der Waals surface area contributed by atoms with Crippen molar-refractivity contribution in [1.82, 2.24) is 0 Å². The molecule has 3 aromatic carbocycles. The summed E-state index contributed by atoms with van der Waals surface area (Å²) >= 11 is 0. The molecule has 3 rings (SSSR count). The van der Waals surface area contributed by atoms with Crippen LogP contribution in [0.15, 0.2) is 79.9 Å². The first-order valence-corrected chi connectivity index (χ1v) is 7.55. The highest BCUT2D eigenvalue weighted by molar-refractivity contribution is 6.03. The molecule has 0 aliphatic rings. The van der Waals surface area contributed by atoms with Crippen molar-refractivity contribution in [3.05, 3.63) is 85.5 Å². The summed E-state index contributed by atoms with van der Waals surface area (Å²) < 4.78 is 0. The number of fused-ring (bicyclic) bond motifs is 2. The molecular formula is C21H20O. The second-order valence-electron chi connectivity index (χ2n) is 5.71. The van der Waals surface area contributed by atoms with Gasteiger partial charge in [0.15, 0.2) is 0 Å². The first-order valence-electron chi connectivity index (χ1n) is 7.55. The lowest BCUT2D eigenvalue weighted by Crippen LogP contribution is -2.25. The van der Waals surface area contributed by atoms with Gasteiger partial charge in [-0.1, -0.05) is 60.7 Å². The van der Waals surface area contributed by atoms with E-state index in [2.05, 4.69) is 43.5 Å². The molecule has 0 aliphatic carbocycles. The second-order valence-corrected chi connectivity index (χ2v) is 5.71. The minimum atomic E-state index is -0.982. The Balaban J connectivity index is 2.46. The zero-order valence-electron chi connectivity index (χ0n) is 12.6. The van der Waals surface area contributed by atoms with Crippen molar-refractivity contribution in [3.63, 3.8) is 0 Å². The molecule has 110 valence electrons. The van der Waals surface area contributed by atoms with Crippen LogP contribution in [-0.4, -0.2) is 5.11 Å². The van der Waals surface area contributed by atoms with Crippen molar-refractivity contribution in [2.45, 2.75) is 18.4 Å². The van der Waals surface area contributed by atoms with Crippen molar-refractivity contribution < 1.29 is 5.11 Å². The van der Waals surface area contributed by atoms with E-state index in [1.165, 1.54) is 0 Å². The molecule has 0 aromatic heterocycles. The Morgan fingerprint density at radius 3 is 1.73 bits per heavy atom. The Kier molecular flexibility index (Phi) is 3.82. The van der Waals surface area contributed by atoms with Crippen molar-refractivity contribution >= 4 is 21.5 Å². The summed E-state index contributed by atoms with van der Waals surface area (Å²) in [6.45, 7) is 7.64. The molecule has 0 aliphatic heterocycles. The van der Waals surface area contributed by atoms with Crippen LogP contribution in [0.25, 0.3) is 21.5 Å². The fourth-order valence-electron chi connectivity index (χ4n) is 3.28. The fourth-order valence-corrected chi connectivity index (χ4v) is 3.28. The van der Waals surface area contributed by atoms with Crippen LogP contribution in [0.5, 0.6) is 0 Å². The van der Waals surface area contributed by atoms with Gasteiger partial charge in [0.25, 0.3) is 0 Å². The highest BCUT2D eigenvalue weighted by atomic mass is 16.3. The molecule has 0 radical (unpaired) electrons. The van der Waals surface area contributed by atoms with E-state index in [1.54, 1.807) is 12.2 Å². The standard InChI is InChI=1S/C21H20O/c1-3-13-21(22,14-4-2)20-18-11-7-5-9-16(18)15-17-10-6-8-12-19(17)20/h3-12,15,22H,1-2,13-14H2. The Morgan fingerprint density at radius 1 is 0.818 bits per heavy atom. The summed E-state index contributed by atoms with van der Waals surface area (Å²) in [5.41, 5.74) is -0.00903. The number of hydrogen-bond acceptors (Lipinski definition) is 1. The average Bonchev–Trinajstić information content (AvgIpc) is 2.52. The van der Waals surface area contributed by atoms with E-state index in [0.717, 1.165) is 27.1 Å². The van der Waals surface area contributed by atoms with Crippen molar-refractivity contribution in [3.8, 4) is 0 Å². The molecule has 0 atom stereocenters. The molecule has 0 bridgehead atoms. The van der Waals surface area contributed by atoms with E-state index in [1.807, 2.05) is 24.3 Å². The Bertz CT molecular complexity index is 781. The van der Waals surface area contributed by atoms with Crippen molar-refractivity contribution in [2.24, 2.45) is 0 Å². The number of hydrogen-bond donors (Lipinski definition) is 1. The molecule has 0 spiro atoms. The van der Waals surface area contributed by atoms with Gasteiger partial charge in [0.1, 0.15) is 0 Å². The maximum absolute atomic E-state index is 11.3. The van der Waals surface area contributed by atoms with Gasteiger partial charge in [-0.05, 0) is 46.0 Å². The van der Waals surface area contributed by atoms with Gasteiger partial charge in [-0.2, -0.15) is 0 Å². The van der Waals surface area contributed by atoms with E-state index in [0.29, 0.717) is 12.8 Å². The minimum absolute atomic E-state index is 0.497. The maximum Gasteiger partial charge on any atom is 0.0976 e. The van der Waals surface area contributed by atoms with E-state index in [4.69, 9.17) is 0 Å². The Labute approximate surface area is 131 Å². The van der Waals surface area contributed by atoms with Crippen molar-refractivity contribution in [1.29, 1.82) is 0 Å². The van der Waals surface area contributed by atoms with Gasteiger partial charge >= 0.3 is 0 Å². The van der Waals surface area contributed by atoms with Gasteiger partial charge in [-0.3, -0.25) is 0 Å². The van der Waals surface area contributed by atoms with Gasteiger partial charge in [-0.25, -0.2) is 0 Å². The van der Waals surface area contributed by atoms with E-state index >= 15 is 0 Å². The van der Waals surface area contributed by atoms with E-state index < -0.39 is 5.60 Å². The molecule has 22 heavy (non-hydrogen) atoms. The van der Waals surface area contributed by atoms with Gasteiger partial charge in [0.05, 0.1) is 5.60 Å². The minimum Gasteiger partial charge on any atom is -0.384 e. The van der Waals surface area contributed by atoms with Crippen LogP contribution >= 0.6 is 0 Å². The van der Waals surface area contributed by atoms with Gasteiger partial charge < -0.3 is 5.11 Å². The maximum atomic E-state index is 11.3. The fraction of sp³-hybridized carbons (Fsp3) is 0.143. The quantitative estimate of drug-likeness (QED) is 0.497. The third-order valence-corrected chi connectivity index (χ3v) is 4.20. The summed E-state index contributed by atoms with van der Waals surface area (Å²) in [7, 11) is 0. The monoisotopic (exact) mass is 288 g/mol. The molecule has 0 saturated heterocycles. The lowest BCUT2D eigenvalue weighted by molar-refractivity contribution is 0.0460. The summed E-state index contributed by atoms with van der Waals surface area (Å²) in [5.74, 6) is 0. The van der Waals surface area contributed by atoms with Crippen molar-refractivity contribution in [2.75, 3.05) is 0 Å². The Morgan fingerprint density at radius 2 is 1.27 bits per heavy atom. The predicted octanol–water partition coefficient (Wildman–Crippen LogP) is 5.33. The average molecular weight is 288 g/mol. The molecule has 1 nitrogen and oxygen atoms in total. The normalized spacial score (nSPS) is 11.7. The first kappa shape index (κ1) is 14.6. The van der Waals surface area contributed by atoms with Crippen LogP contribution in [0.1, 0.15) is 18.4 Å². The number of benzene rings is 3. The first-order chi connectivity index (χ1) is 10.7. The highest BCUT2D eigenvalue weighted by Crippen LogP contribution is 2.40. The zero-order chi connectivity index (χ0) is 15.6. The number of aliphatic hydroxyl groups is 1. The van der Waals surface area contributed by atoms with Crippen LogP contribution in [-0.2, 0) is 5.60 Å². The predicted molar refractivity (Wildman–Crippen MR) is 95.0 cm³/mol. The molecule has 0 amide bonds. The third-order valence-electron chi connectivity index (χ3n) is 4.20. The largest absolute Gasteiger partial charge is 0.384 e. The van der Waals surface area contributed by atoms with Crippen LogP contribution in [0, 0.1) is 0 Å². The molecular weight excluding hydrogens is 268 g/mol. The molecule has 0 unspecified atom stereocenters.